The van der Waals surface area contributed by atoms with Crippen molar-refractivity contribution in [1.82, 2.24) is 4.57 Å². The second-order valence-corrected chi connectivity index (χ2v) is 8.42. The van der Waals surface area contributed by atoms with Crippen molar-refractivity contribution in [3.8, 4) is 5.88 Å². The Kier molecular flexibility index (Phi) is 6.74. The predicted molar refractivity (Wildman–Crippen MR) is 118 cm³/mol. The number of aromatic nitrogens is 1. The number of benzene rings is 1. The van der Waals surface area contributed by atoms with Gasteiger partial charge < -0.3 is 5.11 Å². The van der Waals surface area contributed by atoms with Gasteiger partial charge in [0, 0.05) is 17.7 Å². The number of allylic oxidation sites excluding steroid dienone is 1. The zero-order valence-corrected chi connectivity index (χ0v) is 17.4. The van der Waals surface area contributed by atoms with E-state index in [0.717, 1.165) is 41.1 Å². The fourth-order valence-electron chi connectivity index (χ4n) is 3.18. The molecule has 0 radical (unpaired) electrons. The molecular formula is C21H25N3OS2. The zero-order chi connectivity index (χ0) is 19.2. The summed E-state index contributed by atoms with van der Waals surface area (Å²) < 4.78 is 2.59. The Morgan fingerprint density at radius 2 is 2.04 bits per heavy atom. The van der Waals surface area contributed by atoms with Crippen molar-refractivity contribution in [2.24, 2.45) is 16.1 Å². The molecule has 0 aliphatic carbocycles. The Morgan fingerprint density at radius 3 is 2.74 bits per heavy atom. The van der Waals surface area contributed by atoms with Crippen LogP contribution in [-0.4, -0.2) is 21.6 Å². The fourth-order valence-corrected chi connectivity index (χ4v) is 4.46. The molecule has 0 fully saturated rings. The van der Waals surface area contributed by atoms with Gasteiger partial charge in [0.05, 0.1) is 11.1 Å². The standard InChI is InChI=1S/C21H25N3OS2/c1-3-5-9-15(4-2)14-24-20(25)18(27-21(24)26)12-17-13-22-23-19(17)16-10-7-6-8-11-16/h6-8,10-13,15,25H,3-5,9,14H2,1-2H3/t15-/m0/s1. The van der Waals surface area contributed by atoms with Crippen molar-refractivity contribution >= 4 is 41.6 Å². The van der Waals surface area contributed by atoms with E-state index in [2.05, 4.69) is 24.1 Å². The summed E-state index contributed by atoms with van der Waals surface area (Å²) in [6, 6.07) is 9.95. The van der Waals surface area contributed by atoms with Gasteiger partial charge in [0.1, 0.15) is 5.71 Å². The third-order valence-electron chi connectivity index (χ3n) is 4.84. The van der Waals surface area contributed by atoms with Crippen LogP contribution in [0.15, 0.2) is 46.1 Å². The number of nitrogens with zero attached hydrogens (tertiary/aromatic N) is 3. The molecule has 1 atom stereocenters. The molecule has 142 valence electrons. The number of rotatable bonds is 8. The second kappa shape index (κ2) is 9.24. The molecule has 0 saturated heterocycles. The van der Waals surface area contributed by atoms with Crippen LogP contribution in [0.5, 0.6) is 5.88 Å². The first-order chi connectivity index (χ1) is 13.1. The molecule has 2 aromatic rings. The summed E-state index contributed by atoms with van der Waals surface area (Å²) in [6.07, 6.45) is 8.31. The van der Waals surface area contributed by atoms with Gasteiger partial charge in [0.25, 0.3) is 0 Å². The van der Waals surface area contributed by atoms with E-state index >= 15 is 0 Å². The molecule has 0 spiro atoms. The van der Waals surface area contributed by atoms with E-state index in [0.29, 0.717) is 9.87 Å². The molecular weight excluding hydrogens is 374 g/mol. The van der Waals surface area contributed by atoms with Crippen molar-refractivity contribution < 1.29 is 5.11 Å². The van der Waals surface area contributed by atoms with Crippen LogP contribution < -0.4 is 0 Å². The lowest BCUT2D eigenvalue weighted by Crippen LogP contribution is -2.10. The number of hydrogen-bond acceptors (Lipinski definition) is 5. The third-order valence-corrected chi connectivity index (χ3v) is 6.23. The maximum atomic E-state index is 10.8. The van der Waals surface area contributed by atoms with Crippen molar-refractivity contribution in [3.05, 3.63) is 50.3 Å². The van der Waals surface area contributed by atoms with Crippen molar-refractivity contribution in [2.75, 3.05) is 0 Å². The Labute approximate surface area is 169 Å². The van der Waals surface area contributed by atoms with E-state index in [-0.39, 0.29) is 5.88 Å². The van der Waals surface area contributed by atoms with Crippen LogP contribution in [0.3, 0.4) is 0 Å². The summed E-state index contributed by atoms with van der Waals surface area (Å²) in [4.78, 5) is 0.761. The van der Waals surface area contributed by atoms with Gasteiger partial charge >= 0.3 is 0 Å². The lowest BCUT2D eigenvalue weighted by molar-refractivity contribution is 0.347. The highest BCUT2D eigenvalue weighted by atomic mass is 32.1. The minimum absolute atomic E-state index is 0.250. The molecule has 0 unspecified atom stereocenters. The summed E-state index contributed by atoms with van der Waals surface area (Å²) >= 11 is 6.97. The molecule has 1 aromatic heterocycles. The van der Waals surface area contributed by atoms with Crippen molar-refractivity contribution in [1.29, 1.82) is 0 Å². The second-order valence-electron chi connectivity index (χ2n) is 6.74. The molecule has 0 amide bonds. The Balaban J connectivity index is 1.86. The monoisotopic (exact) mass is 399 g/mol. The average Bonchev–Trinajstić information content (AvgIpc) is 3.25. The van der Waals surface area contributed by atoms with Gasteiger partial charge in [0.2, 0.25) is 5.88 Å². The van der Waals surface area contributed by atoms with Gasteiger partial charge in [-0.1, -0.05) is 63.4 Å². The fraction of sp³-hybridized carbons (Fsp3) is 0.381. The van der Waals surface area contributed by atoms with Crippen molar-refractivity contribution in [2.45, 2.75) is 46.1 Å². The van der Waals surface area contributed by atoms with Gasteiger partial charge in [-0.25, -0.2) is 0 Å². The van der Waals surface area contributed by atoms with Gasteiger partial charge in [0.15, 0.2) is 3.95 Å². The molecule has 4 nitrogen and oxygen atoms in total. The molecule has 1 aromatic carbocycles. The largest absolute Gasteiger partial charge is 0.493 e. The van der Waals surface area contributed by atoms with Crippen LogP contribution in [0.2, 0.25) is 0 Å². The van der Waals surface area contributed by atoms with E-state index in [1.165, 1.54) is 24.2 Å². The number of unbranched alkanes of at least 4 members (excludes halogenated alkanes) is 1. The normalized spacial score (nSPS) is 16.1. The van der Waals surface area contributed by atoms with Crippen LogP contribution in [0.1, 0.15) is 50.0 Å². The maximum absolute atomic E-state index is 10.8. The zero-order valence-electron chi connectivity index (χ0n) is 15.8. The number of hydrogen-bond donors (Lipinski definition) is 1. The molecule has 0 saturated carbocycles. The average molecular weight is 400 g/mol. The number of thiazole rings is 1. The van der Waals surface area contributed by atoms with E-state index < -0.39 is 0 Å². The SMILES string of the molecule is CCCC[C@H](CC)Cn1c(O)c(C=C2C=NN=C2c2ccccc2)sc1=S. The maximum Gasteiger partial charge on any atom is 0.210 e. The molecule has 1 aliphatic heterocycles. The highest BCUT2D eigenvalue weighted by Crippen LogP contribution is 2.31. The first-order valence-corrected chi connectivity index (χ1v) is 10.7. The lowest BCUT2D eigenvalue weighted by Gasteiger charge is -2.15. The summed E-state index contributed by atoms with van der Waals surface area (Å²) in [5.41, 5.74) is 2.71. The quantitative estimate of drug-likeness (QED) is 0.547. The van der Waals surface area contributed by atoms with Crippen molar-refractivity contribution in [3.63, 3.8) is 0 Å². The summed E-state index contributed by atoms with van der Waals surface area (Å²) in [5.74, 6) is 0.785. The lowest BCUT2D eigenvalue weighted by atomic mass is 9.99. The van der Waals surface area contributed by atoms with Crippen LogP contribution >= 0.6 is 23.6 Å². The summed E-state index contributed by atoms with van der Waals surface area (Å²) in [6.45, 7) is 5.18. The highest BCUT2D eigenvalue weighted by molar-refractivity contribution is 7.73. The number of aromatic hydroxyl groups is 1. The van der Waals surface area contributed by atoms with Crippen LogP contribution in [-0.2, 0) is 6.54 Å². The van der Waals surface area contributed by atoms with Gasteiger partial charge in [-0.2, -0.15) is 5.10 Å². The summed E-state index contributed by atoms with van der Waals surface area (Å²) in [7, 11) is 0. The van der Waals surface area contributed by atoms with Gasteiger partial charge in [-0.15, -0.1) is 16.4 Å². The Morgan fingerprint density at radius 1 is 1.26 bits per heavy atom. The topological polar surface area (TPSA) is 49.9 Å². The third kappa shape index (κ3) is 4.62. The first kappa shape index (κ1) is 19.7. The molecule has 0 bridgehead atoms. The van der Waals surface area contributed by atoms with E-state index in [9.17, 15) is 5.11 Å². The Bertz CT molecular complexity index is 923. The molecule has 27 heavy (non-hydrogen) atoms. The van der Waals surface area contributed by atoms with Crippen LogP contribution in [0.4, 0.5) is 0 Å². The Hall–Kier alpha value is -2.05. The predicted octanol–water partition coefficient (Wildman–Crippen LogP) is 6.07. The smallest absolute Gasteiger partial charge is 0.210 e. The molecule has 2 heterocycles. The van der Waals surface area contributed by atoms with E-state index in [1.807, 2.05) is 41.0 Å². The van der Waals surface area contributed by atoms with Crippen LogP contribution in [0, 0.1) is 9.87 Å². The van der Waals surface area contributed by atoms with E-state index in [4.69, 9.17) is 12.2 Å². The van der Waals surface area contributed by atoms with Gasteiger partial charge in [-0.3, -0.25) is 4.57 Å². The molecule has 6 heteroatoms. The summed E-state index contributed by atoms with van der Waals surface area (Å²) in [5, 5.41) is 19.1. The molecule has 1 aliphatic rings. The first-order valence-electron chi connectivity index (χ1n) is 9.45. The van der Waals surface area contributed by atoms with E-state index in [1.54, 1.807) is 6.21 Å². The molecule has 1 N–H and O–H groups in total. The van der Waals surface area contributed by atoms with Crippen LogP contribution in [0.25, 0.3) is 6.08 Å². The highest BCUT2D eigenvalue weighted by Gasteiger charge is 2.18. The minimum atomic E-state index is 0.250. The molecule has 3 rings (SSSR count). The van der Waals surface area contributed by atoms with Gasteiger partial charge in [-0.05, 0) is 30.6 Å². The minimum Gasteiger partial charge on any atom is -0.493 e.